The van der Waals surface area contributed by atoms with E-state index >= 15 is 0 Å². The zero-order valence-corrected chi connectivity index (χ0v) is 2.49. The second-order valence-corrected chi connectivity index (χ2v) is 0.485. The summed E-state index contributed by atoms with van der Waals surface area (Å²) in [7, 11) is 0. The van der Waals surface area contributed by atoms with E-state index in [0.29, 0.717) is 0 Å². The molecule has 6 heavy (non-hydrogen) atoms. The fraction of sp³-hybridized carbons (Fsp3) is 0. The quantitative estimate of drug-likeness (QED) is 0.190. The first-order chi connectivity index (χ1) is 2.64. The Kier molecular flexibility index (Phi) is 1.43. The van der Waals surface area contributed by atoms with Gasteiger partial charge in [0.25, 0.3) is 0 Å². The van der Waals surface area contributed by atoms with E-state index in [2.05, 4.69) is 0 Å². The molecule has 0 aliphatic carbocycles. The first-order valence-corrected chi connectivity index (χ1v) is 0.953. The Morgan fingerprint density at radius 3 is 1.67 bits per heavy atom. The zero-order valence-electron chi connectivity index (χ0n) is 2.49. The van der Waals surface area contributed by atoms with Crippen LogP contribution in [-0.2, 0) is 0 Å². The molecular formula is CF3NO. The van der Waals surface area contributed by atoms with Gasteiger partial charge in [-0.05, 0) is 0 Å². The highest BCUT2D eigenvalue weighted by Crippen LogP contribution is 1.79. The van der Waals surface area contributed by atoms with Crippen molar-refractivity contribution in [2.75, 3.05) is 0 Å². The molecule has 0 spiro atoms. The number of halogens is 3. The maximum Gasteiger partial charge on any atom is 0.585 e. The van der Waals surface area contributed by atoms with Crippen LogP contribution in [0.3, 0.4) is 0 Å². The Bertz CT molecular complexity index is 60.9. The molecule has 0 aromatic heterocycles. The molecule has 0 aliphatic rings. The van der Waals surface area contributed by atoms with Crippen molar-refractivity contribution in [3.8, 4) is 0 Å². The lowest BCUT2D eigenvalue weighted by Crippen LogP contribution is -1.92. The molecule has 36 valence electrons. The van der Waals surface area contributed by atoms with Gasteiger partial charge in [0.15, 0.2) is 0 Å². The van der Waals surface area contributed by atoms with Crippen LogP contribution in [0.25, 0.3) is 0 Å². The summed E-state index contributed by atoms with van der Waals surface area (Å²) in [6.45, 7) is 0. The van der Waals surface area contributed by atoms with Gasteiger partial charge >= 0.3 is 6.22 Å². The molecule has 0 rings (SSSR count). The van der Waals surface area contributed by atoms with Crippen LogP contribution in [0, 0.1) is 5.21 Å². The predicted molar refractivity (Wildman–Crippen MR) is 12.0 cm³/mol. The average molecular weight is 99.0 g/mol. The second-order valence-electron chi connectivity index (χ2n) is 0.485. The fourth-order valence-electron chi connectivity index (χ4n) is 0. The van der Waals surface area contributed by atoms with Gasteiger partial charge in [-0.1, -0.05) is 0 Å². The van der Waals surface area contributed by atoms with E-state index in [1.165, 1.54) is 0 Å². The first kappa shape index (κ1) is 5.26. The van der Waals surface area contributed by atoms with Crippen LogP contribution >= 0.6 is 0 Å². The third-order valence-corrected chi connectivity index (χ3v) is 0.133. The van der Waals surface area contributed by atoms with Crippen molar-refractivity contribution >= 4 is 6.22 Å². The normalized spacial score (nSPS) is 7.83. The van der Waals surface area contributed by atoms with Gasteiger partial charge in [-0.2, -0.15) is 0 Å². The van der Waals surface area contributed by atoms with E-state index in [-0.39, 0.29) is 0 Å². The summed E-state index contributed by atoms with van der Waals surface area (Å²) in [6, 6.07) is 0. The summed E-state index contributed by atoms with van der Waals surface area (Å²) < 4.78 is 30.9. The number of hydrogen-bond donors (Lipinski definition) is 0. The van der Waals surface area contributed by atoms with Crippen LogP contribution in [0.4, 0.5) is 13.3 Å². The highest BCUT2D eigenvalue weighted by atomic mass is 19.3. The van der Waals surface area contributed by atoms with Gasteiger partial charge in [-0.3, -0.25) is 0 Å². The van der Waals surface area contributed by atoms with E-state index in [1.807, 2.05) is 0 Å². The van der Waals surface area contributed by atoms with E-state index in [0.717, 1.165) is 0 Å². The molecule has 0 aliphatic heterocycles. The predicted octanol–water partition coefficient (Wildman–Crippen LogP) is 0.676. The Hall–Kier alpha value is -0.740. The van der Waals surface area contributed by atoms with Crippen LogP contribution in [-0.4, -0.2) is 11.2 Å². The molecule has 2 nitrogen and oxygen atoms in total. The molecule has 0 radical (unpaired) electrons. The lowest BCUT2D eigenvalue weighted by molar-refractivity contribution is -0.662. The summed E-state index contributed by atoms with van der Waals surface area (Å²) in [6.07, 6.45) is -2.88. The lowest BCUT2D eigenvalue weighted by Gasteiger charge is -1.75. The van der Waals surface area contributed by atoms with Crippen molar-refractivity contribution in [3.63, 3.8) is 0 Å². The molecule has 0 amide bonds. The maximum atomic E-state index is 10.3. The van der Waals surface area contributed by atoms with Crippen LogP contribution in [0.2, 0.25) is 0 Å². The molecule has 0 N–H and O–H groups in total. The monoisotopic (exact) mass is 99.0 g/mol. The third kappa shape index (κ3) is 1.57. The Morgan fingerprint density at radius 1 is 1.50 bits per heavy atom. The standard InChI is InChI=1S/CF3NO/c2-1(3)5(4)6. The van der Waals surface area contributed by atoms with Gasteiger partial charge in [0.1, 0.15) is 4.48 Å². The number of rotatable bonds is 0. The van der Waals surface area contributed by atoms with Gasteiger partial charge in [-0.15, -0.1) is 8.78 Å². The number of hydrogen-bond acceptors (Lipinski definition) is 1. The molecule has 0 bridgehead atoms. The molecule has 0 saturated heterocycles. The molecule has 0 saturated carbocycles. The van der Waals surface area contributed by atoms with Crippen molar-refractivity contribution in [1.82, 2.24) is 0 Å². The third-order valence-electron chi connectivity index (χ3n) is 0.133. The highest BCUT2D eigenvalue weighted by molar-refractivity contribution is 5.56. The minimum Gasteiger partial charge on any atom is -0.577 e. The Labute approximate surface area is 31.0 Å². The summed E-state index contributed by atoms with van der Waals surface area (Å²) in [4.78, 5) is -2.00. The average Bonchev–Trinajstić information content (AvgIpc) is 1.36. The van der Waals surface area contributed by atoms with Crippen molar-refractivity contribution in [2.45, 2.75) is 0 Å². The van der Waals surface area contributed by atoms with Crippen LogP contribution in [0.1, 0.15) is 0 Å². The topological polar surface area (TPSA) is 26.1 Å². The minimum atomic E-state index is -2.88. The van der Waals surface area contributed by atoms with E-state index in [1.54, 1.807) is 0 Å². The van der Waals surface area contributed by atoms with Gasteiger partial charge in [0.05, 0.1) is 4.96 Å². The summed E-state index contributed by atoms with van der Waals surface area (Å²) in [5, 5.41) is 8.61. The highest BCUT2D eigenvalue weighted by Gasteiger charge is 2.02. The Morgan fingerprint density at radius 2 is 1.67 bits per heavy atom. The van der Waals surface area contributed by atoms with Crippen LogP contribution in [0.15, 0.2) is 0 Å². The Balaban J connectivity index is 3.68. The molecule has 0 heterocycles. The molecule has 0 atom stereocenters. The van der Waals surface area contributed by atoms with Crippen molar-refractivity contribution in [2.24, 2.45) is 0 Å². The van der Waals surface area contributed by atoms with Gasteiger partial charge < -0.3 is 5.21 Å². The van der Waals surface area contributed by atoms with Crippen LogP contribution in [0.5, 0.6) is 0 Å². The summed E-state index contributed by atoms with van der Waals surface area (Å²) in [5.74, 6) is 0. The van der Waals surface area contributed by atoms with Gasteiger partial charge in [-0.25, -0.2) is 0 Å². The van der Waals surface area contributed by atoms with Crippen molar-refractivity contribution in [3.05, 3.63) is 5.21 Å². The smallest absolute Gasteiger partial charge is 0.577 e. The number of nitrogens with zero attached hydrogens (tertiary/aromatic N) is 1. The fourth-order valence-corrected chi connectivity index (χ4v) is 0. The molecule has 5 heteroatoms. The zero-order chi connectivity index (χ0) is 5.15. The molecule has 0 fully saturated rings. The second kappa shape index (κ2) is 1.64. The largest absolute Gasteiger partial charge is 0.585 e. The van der Waals surface area contributed by atoms with Gasteiger partial charge in [0.2, 0.25) is 0 Å². The molecule has 0 unspecified atom stereocenters. The van der Waals surface area contributed by atoms with Gasteiger partial charge in [0, 0.05) is 0 Å². The van der Waals surface area contributed by atoms with E-state index in [4.69, 9.17) is 5.21 Å². The lowest BCUT2D eigenvalue weighted by atomic mass is 11.5. The minimum absolute atomic E-state index is 2.00. The molecule has 0 aromatic carbocycles. The van der Waals surface area contributed by atoms with E-state index in [9.17, 15) is 13.3 Å². The van der Waals surface area contributed by atoms with Crippen LogP contribution < -0.4 is 0 Å². The SMILES string of the molecule is [O-][N+](F)=C(F)F. The van der Waals surface area contributed by atoms with E-state index < -0.39 is 11.2 Å². The summed E-state index contributed by atoms with van der Waals surface area (Å²) >= 11 is 0. The first-order valence-electron chi connectivity index (χ1n) is 0.953. The van der Waals surface area contributed by atoms with Crippen molar-refractivity contribution < 1.29 is 18.2 Å². The van der Waals surface area contributed by atoms with Crippen molar-refractivity contribution in [1.29, 1.82) is 0 Å². The summed E-state index contributed by atoms with van der Waals surface area (Å²) in [5.41, 5.74) is 0. The maximum absolute atomic E-state index is 10.3. The molecule has 0 aromatic rings. The molecular weight excluding hydrogens is 99.0 g/mol.